The molecule has 0 unspecified atom stereocenters. The number of anilines is 1. The highest BCUT2D eigenvalue weighted by Crippen LogP contribution is 2.27. The van der Waals surface area contributed by atoms with Crippen molar-refractivity contribution in [3.63, 3.8) is 0 Å². The molecule has 2 amide bonds. The third-order valence-corrected chi connectivity index (χ3v) is 3.77. The summed E-state index contributed by atoms with van der Waals surface area (Å²) in [5.41, 5.74) is 0.699. The van der Waals surface area contributed by atoms with E-state index in [0.29, 0.717) is 12.3 Å². The second-order valence-electron chi connectivity index (χ2n) is 4.42. The zero-order chi connectivity index (χ0) is 13.8. The molecule has 0 aliphatic carbocycles. The van der Waals surface area contributed by atoms with Gasteiger partial charge in [-0.2, -0.15) is 0 Å². The van der Waals surface area contributed by atoms with Crippen LogP contribution < -0.4 is 15.4 Å². The number of hydrogen-bond donors (Lipinski definition) is 2. The Morgan fingerprint density at radius 3 is 2.89 bits per heavy atom. The minimum absolute atomic E-state index is 0.0602. The molecular weight excluding hydrogens is 312 g/mol. The lowest BCUT2D eigenvalue weighted by Gasteiger charge is -2.17. The fraction of sp³-hybridized carbons (Fsp3) is 0.462. The van der Waals surface area contributed by atoms with Crippen LogP contribution in [0.2, 0.25) is 0 Å². The van der Waals surface area contributed by atoms with E-state index in [9.17, 15) is 4.79 Å². The molecule has 0 saturated carbocycles. The van der Waals surface area contributed by atoms with Gasteiger partial charge in [-0.25, -0.2) is 4.79 Å². The second-order valence-corrected chi connectivity index (χ2v) is 5.27. The number of amides is 2. The van der Waals surface area contributed by atoms with Crippen LogP contribution in [0.5, 0.6) is 5.75 Å². The van der Waals surface area contributed by atoms with E-state index >= 15 is 0 Å². The van der Waals surface area contributed by atoms with E-state index < -0.39 is 0 Å². The van der Waals surface area contributed by atoms with Gasteiger partial charge in [0, 0.05) is 11.1 Å². The molecule has 1 aliphatic heterocycles. The van der Waals surface area contributed by atoms with Crippen LogP contribution >= 0.6 is 15.9 Å². The number of urea groups is 1. The largest absolute Gasteiger partial charge is 0.497 e. The number of methoxy groups -OCH3 is 1. The zero-order valence-corrected chi connectivity index (χ0v) is 12.5. The van der Waals surface area contributed by atoms with Gasteiger partial charge in [-0.1, -0.05) is 0 Å². The van der Waals surface area contributed by atoms with Gasteiger partial charge in [-0.3, -0.25) is 0 Å². The van der Waals surface area contributed by atoms with E-state index in [1.54, 1.807) is 25.3 Å². The van der Waals surface area contributed by atoms with Gasteiger partial charge in [-0.05, 0) is 47.5 Å². The lowest BCUT2D eigenvalue weighted by atomic mass is 10.2. The number of carbonyl (C=O) groups excluding carboxylic acids is 1. The van der Waals surface area contributed by atoms with Crippen molar-refractivity contribution in [2.24, 2.45) is 0 Å². The van der Waals surface area contributed by atoms with Crippen molar-refractivity contribution in [3.8, 4) is 5.75 Å². The minimum Gasteiger partial charge on any atom is -0.497 e. The number of halogens is 1. The van der Waals surface area contributed by atoms with Crippen LogP contribution in [0.1, 0.15) is 13.3 Å². The van der Waals surface area contributed by atoms with Crippen molar-refractivity contribution in [3.05, 3.63) is 22.7 Å². The normalized spacial score (nSPS) is 22.1. The van der Waals surface area contributed by atoms with Crippen LogP contribution in [0.25, 0.3) is 0 Å². The Labute approximate surface area is 120 Å². The molecule has 19 heavy (non-hydrogen) atoms. The van der Waals surface area contributed by atoms with Crippen molar-refractivity contribution in [1.82, 2.24) is 5.32 Å². The molecule has 5 nitrogen and oxygen atoms in total. The summed E-state index contributed by atoms with van der Waals surface area (Å²) in [7, 11) is 1.60. The summed E-state index contributed by atoms with van der Waals surface area (Å²) in [5.74, 6) is 0.732. The average molecular weight is 329 g/mol. The molecule has 2 atom stereocenters. The Morgan fingerprint density at radius 2 is 2.32 bits per heavy atom. The number of hydrogen-bond acceptors (Lipinski definition) is 3. The van der Waals surface area contributed by atoms with E-state index in [0.717, 1.165) is 16.6 Å². The maximum atomic E-state index is 11.9. The van der Waals surface area contributed by atoms with Crippen molar-refractivity contribution in [2.75, 3.05) is 19.0 Å². The van der Waals surface area contributed by atoms with Crippen molar-refractivity contribution < 1.29 is 14.3 Å². The predicted octanol–water partition coefficient (Wildman–Crippen LogP) is 2.76. The Balaban J connectivity index is 1.95. The predicted molar refractivity (Wildman–Crippen MR) is 76.7 cm³/mol. The lowest BCUT2D eigenvalue weighted by Crippen LogP contribution is -2.41. The second kappa shape index (κ2) is 6.25. The number of rotatable bonds is 3. The van der Waals surface area contributed by atoms with E-state index in [-0.39, 0.29) is 18.2 Å². The van der Waals surface area contributed by atoms with Gasteiger partial charge in [0.2, 0.25) is 0 Å². The number of carbonyl (C=O) groups is 1. The van der Waals surface area contributed by atoms with Gasteiger partial charge in [0.1, 0.15) is 5.75 Å². The van der Waals surface area contributed by atoms with Crippen molar-refractivity contribution >= 4 is 27.6 Å². The summed E-state index contributed by atoms with van der Waals surface area (Å²) >= 11 is 3.39. The summed E-state index contributed by atoms with van der Waals surface area (Å²) in [6.07, 6.45) is 0.906. The molecule has 0 radical (unpaired) electrons. The monoisotopic (exact) mass is 328 g/mol. The highest BCUT2D eigenvalue weighted by Gasteiger charge is 2.25. The molecule has 1 fully saturated rings. The molecule has 1 aromatic carbocycles. The molecule has 0 aromatic heterocycles. The quantitative estimate of drug-likeness (QED) is 0.896. The van der Waals surface area contributed by atoms with Gasteiger partial charge in [-0.15, -0.1) is 0 Å². The molecule has 0 spiro atoms. The third kappa shape index (κ3) is 3.61. The summed E-state index contributed by atoms with van der Waals surface area (Å²) < 4.78 is 11.3. The zero-order valence-electron chi connectivity index (χ0n) is 10.9. The van der Waals surface area contributed by atoms with Gasteiger partial charge in [0.05, 0.1) is 24.9 Å². The van der Waals surface area contributed by atoms with Crippen LogP contribution in [0, 0.1) is 0 Å². The third-order valence-electron chi connectivity index (χ3n) is 3.12. The van der Waals surface area contributed by atoms with Gasteiger partial charge in [0.25, 0.3) is 0 Å². The Hall–Kier alpha value is -1.27. The minimum atomic E-state index is -0.229. The van der Waals surface area contributed by atoms with Gasteiger partial charge < -0.3 is 20.1 Å². The molecule has 0 bridgehead atoms. The SMILES string of the molecule is COc1ccc(NC(=O)N[C@@H]2CCO[C@H]2C)c(Br)c1. The van der Waals surface area contributed by atoms with E-state index in [2.05, 4.69) is 26.6 Å². The molecule has 104 valence electrons. The molecule has 2 rings (SSSR count). The molecule has 1 saturated heterocycles. The van der Waals surface area contributed by atoms with E-state index in [1.165, 1.54) is 0 Å². The van der Waals surface area contributed by atoms with Gasteiger partial charge >= 0.3 is 6.03 Å². The smallest absolute Gasteiger partial charge is 0.319 e. The van der Waals surface area contributed by atoms with Crippen LogP contribution in [0.4, 0.5) is 10.5 Å². The molecular formula is C13H17BrN2O3. The van der Waals surface area contributed by atoms with Crippen molar-refractivity contribution in [1.29, 1.82) is 0 Å². The Morgan fingerprint density at radius 1 is 1.53 bits per heavy atom. The average Bonchev–Trinajstić information content (AvgIpc) is 2.77. The fourth-order valence-electron chi connectivity index (χ4n) is 1.97. The number of benzene rings is 1. The standard InChI is InChI=1S/C13H17BrN2O3/c1-8-11(5-6-19-8)15-13(17)16-12-4-3-9(18-2)7-10(12)14/h3-4,7-8,11H,5-6H2,1-2H3,(H2,15,16,17)/t8-,11+/m0/s1. The first-order valence-corrected chi connectivity index (χ1v) is 6.92. The number of ether oxygens (including phenoxy) is 2. The number of nitrogens with one attached hydrogen (secondary N) is 2. The van der Waals surface area contributed by atoms with Crippen LogP contribution in [-0.2, 0) is 4.74 Å². The topological polar surface area (TPSA) is 59.6 Å². The summed E-state index contributed by atoms with van der Waals surface area (Å²) in [4.78, 5) is 11.9. The van der Waals surface area contributed by atoms with Gasteiger partial charge in [0.15, 0.2) is 0 Å². The first-order chi connectivity index (χ1) is 9.10. The first-order valence-electron chi connectivity index (χ1n) is 6.13. The summed E-state index contributed by atoms with van der Waals surface area (Å²) in [6.45, 7) is 2.65. The molecule has 2 N–H and O–H groups in total. The highest BCUT2D eigenvalue weighted by atomic mass is 79.9. The summed E-state index contributed by atoms with van der Waals surface area (Å²) in [5, 5.41) is 5.71. The van der Waals surface area contributed by atoms with Crippen LogP contribution in [-0.4, -0.2) is 31.9 Å². The van der Waals surface area contributed by atoms with E-state index in [1.807, 2.05) is 6.92 Å². The Kier molecular flexibility index (Phi) is 4.66. The molecule has 1 heterocycles. The molecule has 6 heteroatoms. The lowest BCUT2D eigenvalue weighted by molar-refractivity contribution is 0.114. The Bertz CT molecular complexity index is 467. The van der Waals surface area contributed by atoms with Crippen molar-refractivity contribution in [2.45, 2.75) is 25.5 Å². The highest BCUT2D eigenvalue weighted by molar-refractivity contribution is 9.10. The molecule has 1 aromatic rings. The first kappa shape index (κ1) is 14.1. The maximum Gasteiger partial charge on any atom is 0.319 e. The summed E-state index contributed by atoms with van der Waals surface area (Å²) in [6, 6.07) is 5.22. The fourth-order valence-corrected chi connectivity index (χ4v) is 2.43. The van der Waals surface area contributed by atoms with E-state index in [4.69, 9.17) is 9.47 Å². The van der Waals surface area contributed by atoms with Crippen LogP contribution in [0.3, 0.4) is 0 Å². The van der Waals surface area contributed by atoms with Crippen LogP contribution in [0.15, 0.2) is 22.7 Å². The maximum absolute atomic E-state index is 11.9. The molecule has 1 aliphatic rings.